The van der Waals surface area contributed by atoms with Gasteiger partial charge in [0, 0.05) is 12.6 Å². The van der Waals surface area contributed by atoms with Crippen LogP contribution in [-0.4, -0.2) is 25.3 Å². The molecule has 1 aliphatic rings. The molecule has 6 heteroatoms. The summed E-state index contributed by atoms with van der Waals surface area (Å²) in [6.07, 6.45) is 1.96. The summed E-state index contributed by atoms with van der Waals surface area (Å²) in [6, 6.07) is 3.41. The molecule has 1 aromatic heterocycles. The van der Waals surface area contributed by atoms with Gasteiger partial charge in [0.25, 0.3) is 10.0 Å². The van der Waals surface area contributed by atoms with Crippen molar-refractivity contribution in [2.45, 2.75) is 30.0 Å². The zero-order valence-corrected chi connectivity index (χ0v) is 10.7. The Morgan fingerprint density at radius 3 is 2.60 bits per heavy atom. The lowest BCUT2D eigenvalue weighted by atomic mass is 10.6. The fraction of sp³-hybridized carbons (Fsp3) is 0.556. The van der Waals surface area contributed by atoms with E-state index in [0.29, 0.717) is 15.1 Å². The molecule has 0 saturated heterocycles. The molecule has 0 atom stereocenters. The summed E-state index contributed by atoms with van der Waals surface area (Å²) in [5.74, 6) is 0. The van der Waals surface area contributed by atoms with Crippen molar-refractivity contribution in [2.75, 3.05) is 6.54 Å². The third-order valence-electron chi connectivity index (χ3n) is 2.38. The van der Waals surface area contributed by atoms with Crippen molar-refractivity contribution in [3.05, 3.63) is 16.5 Å². The SMILES string of the molecule is CCN(C1CC1)S(=O)(=O)c1ccc(Cl)s1. The Morgan fingerprint density at radius 1 is 1.53 bits per heavy atom. The molecule has 15 heavy (non-hydrogen) atoms. The third-order valence-corrected chi connectivity index (χ3v) is 6.10. The standard InChI is InChI=1S/C9H12ClNO2S2/c1-2-11(7-3-4-7)15(12,13)9-6-5-8(10)14-9/h5-7H,2-4H2,1H3. The molecule has 0 aromatic carbocycles. The molecule has 1 saturated carbocycles. The van der Waals surface area contributed by atoms with Gasteiger partial charge < -0.3 is 0 Å². The minimum absolute atomic E-state index is 0.209. The topological polar surface area (TPSA) is 37.4 Å². The van der Waals surface area contributed by atoms with Crippen LogP contribution >= 0.6 is 22.9 Å². The van der Waals surface area contributed by atoms with Crippen molar-refractivity contribution in [2.24, 2.45) is 0 Å². The maximum Gasteiger partial charge on any atom is 0.252 e. The van der Waals surface area contributed by atoms with Gasteiger partial charge >= 0.3 is 0 Å². The fourth-order valence-corrected chi connectivity index (χ4v) is 4.84. The lowest BCUT2D eigenvalue weighted by molar-refractivity contribution is 0.422. The molecule has 2 rings (SSSR count). The molecule has 1 fully saturated rings. The van der Waals surface area contributed by atoms with Crippen molar-refractivity contribution >= 4 is 33.0 Å². The number of nitrogens with zero attached hydrogens (tertiary/aromatic N) is 1. The Hall–Kier alpha value is -0.100. The quantitative estimate of drug-likeness (QED) is 0.839. The van der Waals surface area contributed by atoms with E-state index in [4.69, 9.17) is 11.6 Å². The fourth-order valence-electron chi connectivity index (χ4n) is 1.54. The molecule has 1 heterocycles. The molecule has 0 N–H and O–H groups in total. The van der Waals surface area contributed by atoms with Crippen LogP contribution < -0.4 is 0 Å². The van der Waals surface area contributed by atoms with Crippen molar-refractivity contribution < 1.29 is 8.42 Å². The minimum atomic E-state index is -3.30. The summed E-state index contributed by atoms with van der Waals surface area (Å²) in [7, 11) is -3.30. The van der Waals surface area contributed by atoms with E-state index in [1.165, 1.54) is 0 Å². The number of thiophene rings is 1. The highest BCUT2D eigenvalue weighted by molar-refractivity contribution is 7.91. The van der Waals surface area contributed by atoms with E-state index in [1.807, 2.05) is 6.92 Å². The van der Waals surface area contributed by atoms with Gasteiger partial charge in [-0.15, -0.1) is 11.3 Å². The van der Waals surface area contributed by atoms with Crippen LogP contribution in [0.3, 0.4) is 0 Å². The molecular formula is C9H12ClNO2S2. The number of halogens is 1. The molecule has 0 aliphatic heterocycles. The minimum Gasteiger partial charge on any atom is -0.206 e. The smallest absolute Gasteiger partial charge is 0.206 e. The third kappa shape index (κ3) is 2.20. The summed E-state index contributed by atoms with van der Waals surface area (Å²) in [5, 5.41) is 0. The van der Waals surface area contributed by atoms with Crippen LogP contribution in [0, 0.1) is 0 Å². The Bertz CT molecular complexity index is 450. The van der Waals surface area contributed by atoms with Crippen molar-refractivity contribution in [1.29, 1.82) is 0 Å². The molecule has 84 valence electrons. The molecule has 0 spiro atoms. The Morgan fingerprint density at radius 2 is 2.20 bits per heavy atom. The molecule has 3 nitrogen and oxygen atoms in total. The predicted octanol–water partition coefficient (Wildman–Crippen LogP) is 2.57. The van der Waals surface area contributed by atoms with E-state index in [2.05, 4.69) is 0 Å². The largest absolute Gasteiger partial charge is 0.252 e. The van der Waals surface area contributed by atoms with Crippen molar-refractivity contribution in [1.82, 2.24) is 4.31 Å². The molecule has 0 amide bonds. The molecule has 0 bridgehead atoms. The second kappa shape index (κ2) is 4.05. The number of sulfonamides is 1. The summed E-state index contributed by atoms with van der Waals surface area (Å²) in [6.45, 7) is 2.40. The molecule has 1 aliphatic carbocycles. The van der Waals surface area contributed by atoms with Gasteiger partial charge in [0.1, 0.15) is 4.21 Å². The average Bonchev–Trinajstić information content (AvgIpc) is 2.88. The maximum atomic E-state index is 12.1. The van der Waals surface area contributed by atoms with Crippen molar-refractivity contribution in [3.63, 3.8) is 0 Å². The monoisotopic (exact) mass is 265 g/mol. The predicted molar refractivity (Wildman–Crippen MR) is 61.9 cm³/mol. The lowest BCUT2D eigenvalue weighted by Crippen LogP contribution is -2.32. The van der Waals surface area contributed by atoms with E-state index < -0.39 is 10.0 Å². The van der Waals surface area contributed by atoms with E-state index in [-0.39, 0.29) is 6.04 Å². The summed E-state index contributed by atoms with van der Waals surface area (Å²) in [4.78, 5) is 0. The average molecular weight is 266 g/mol. The van der Waals surface area contributed by atoms with Crippen molar-refractivity contribution in [3.8, 4) is 0 Å². The van der Waals surface area contributed by atoms with E-state index in [0.717, 1.165) is 24.2 Å². The first kappa shape index (κ1) is 11.4. The first-order valence-corrected chi connectivity index (χ1v) is 7.46. The van der Waals surface area contributed by atoms with Gasteiger partial charge in [-0.05, 0) is 25.0 Å². The summed E-state index contributed by atoms with van der Waals surface area (Å²) < 4.78 is 26.7. The Labute approximate surface area is 98.7 Å². The van der Waals surface area contributed by atoms with Gasteiger partial charge in [0.15, 0.2) is 0 Å². The van der Waals surface area contributed by atoms with Gasteiger partial charge in [-0.1, -0.05) is 18.5 Å². The highest BCUT2D eigenvalue weighted by Gasteiger charge is 2.37. The number of hydrogen-bond acceptors (Lipinski definition) is 3. The van der Waals surface area contributed by atoms with Gasteiger partial charge in [-0.25, -0.2) is 8.42 Å². The molecule has 0 unspecified atom stereocenters. The summed E-state index contributed by atoms with van der Waals surface area (Å²) in [5.41, 5.74) is 0. The van der Waals surface area contributed by atoms with Crippen LogP contribution in [-0.2, 0) is 10.0 Å². The highest BCUT2D eigenvalue weighted by atomic mass is 35.5. The highest BCUT2D eigenvalue weighted by Crippen LogP contribution is 2.34. The lowest BCUT2D eigenvalue weighted by Gasteiger charge is -2.18. The van der Waals surface area contributed by atoms with Crippen LogP contribution in [0.2, 0.25) is 4.34 Å². The molecule has 0 radical (unpaired) electrons. The van der Waals surface area contributed by atoms with Gasteiger partial charge in [0.05, 0.1) is 4.34 Å². The normalized spacial score (nSPS) is 17.3. The first-order valence-electron chi connectivity index (χ1n) is 4.83. The number of hydrogen-bond donors (Lipinski definition) is 0. The van der Waals surface area contributed by atoms with Crippen LogP contribution in [0.25, 0.3) is 0 Å². The second-order valence-electron chi connectivity index (χ2n) is 3.50. The summed E-state index contributed by atoms with van der Waals surface area (Å²) >= 11 is 6.86. The van der Waals surface area contributed by atoms with Crippen LogP contribution in [0.5, 0.6) is 0 Å². The Kier molecular flexibility index (Phi) is 3.07. The van der Waals surface area contributed by atoms with Gasteiger partial charge in [0.2, 0.25) is 0 Å². The zero-order chi connectivity index (χ0) is 11.1. The zero-order valence-electron chi connectivity index (χ0n) is 8.31. The van der Waals surface area contributed by atoms with E-state index in [1.54, 1.807) is 16.4 Å². The number of rotatable bonds is 4. The maximum absolute atomic E-state index is 12.1. The van der Waals surface area contributed by atoms with Crippen LogP contribution in [0.4, 0.5) is 0 Å². The molecular weight excluding hydrogens is 254 g/mol. The van der Waals surface area contributed by atoms with Crippen LogP contribution in [0.15, 0.2) is 16.3 Å². The van der Waals surface area contributed by atoms with E-state index >= 15 is 0 Å². The first-order chi connectivity index (χ1) is 7.05. The molecule has 1 aromatic rings. The van der Waals surface area contributed by atoms with Gasteiger partial charge in [-0.2, -0.15) is 4.31 Å². The van der Waals surface area contributed by atoms with Crippen LogP contribution in [0.1, 0.15) is 19.8 Å². The Balaban J connectivity index is 2.32. The van der Waals surface area contributed by atoms with E-state index in [9.17, 15) is 8.42 Å². The van der Waals surface area contributed by atoms with Gasteiger partial charge in [-0.3, -0.25) is 0 Å². The second-order valence-corrected chi connectivity index (χ2v) is 7.33.